The number of methoxy groups -OCH3 is 1. The van der Waals surface area contributed by atoms with Gasteiger partial charge in [-0.15, -0.1) is 11.8 Å². The topological polar surface area (TPSA) is 59.6 Å². The number of ether oxygens (including phenoxy) is 2. The summed E-state index contributed by atoms with van der Waals surface area (Å²) in [5.41, 5.74) is -0.454. The highest BCUT2D eigenvalue weighted by Crippen LogP contribution is 2.06. The van der Waals surface area contributed by atoms with Gasteiger partial charge in [-0.1, -0.05) is 0 Å². The number of carbonyl (C=O) groups is 1. The van der Waals surface area contributed by atoms with Crippen LogP contribution in [0.3, 0.4) is 0 Å². The largest absolute Gasteiger partial charge is 0.444 e. The zero-order valence-electron chi connectivity index (χ0n) is 14.0. The maximum Gasteiger partial charge on any atom is 0.407 e. The zero-order chi connectivity index (χ0) is 16.1. The Morgan fingerprint density at radius 2 is 2.00 bits per heavy atom. The highest BCUT2D eigenvalue weighted by atomic mass is 16.6. The predicted octanol–water partition coefficient (Wildman–Crippen LogP) is 2.31. The summed E-state index contributed by atoms with van der Waals surface area (Å²) in [4.78, 5) is 11.5. The summed E-state index contributed by atoms with van der Waals surface area (Å²) in [6, 6.07) is 0.286. The number of amides is 1. The lowest BCUT2D eigenvalue weighted by Crippen LogP contribution is -2.36. The molecule has 0 aliphatic heterocycles. The summed E-state index contributed by atoms with van der Waals surface area (Å²) in [7, 11) is 1.69. The lowest BCUT2D eigenvalue weighted by Gasteiger charge is -2.20. The van der Waals surface area contributed by atoms with Crippen molar-refractivity contribution in [2.75, 3.05) is 26.8 Å². The number of nitrogens with one attached hydrogen (secondary N) is 2. The molecule has 1 unspecified atom stereocenters. The first-order valence-corrected chi connectivity index (χ1v) is 7.48. The third-order valence-corrected chi connectivity index (χ3v) is 2.63. The van der Waals surface area contributed by atoms with Gasteiger partial charge in [0.1, 0.15) is 5.60 Å². The molecule has 0 saturated carbocycles. The van der Waals surface area contributed by atoms with Crippen LogP contribution >= 0.6 is 0 Å². The van der Waals surface area contributed by atoms with E-state index in [-0.39, 0.29) is 12.1 Å². The van der Waals surface area contributed by atoms with Crippen LogP contribution in [-0.4, -0.2) is 44.5 Å². The average molecular weight is 298 g/mol. The predicted molar refractivity (Wildman–Crippen MR) is 85.2 cm³/mol. The summed E-state index contributed by atoms with van der Waals surface area (Å²) >= 11 is 0. The van der Waals surface area contributed by atoms with E-state index in [2.05, 4.69) is 22.5 Å². The van der Waals surface area contributed by atoms with Gasteiger partial charge in [-0.2, -0.15) is 0 Å². The van der Waals surface area contributed by atoms with Crippen molar-refractivity contribution in [3.05, 3.63) is 0 Å². The number of hydrogen-bond acceptors (Lipinski definition) is 4. The first-order valence-electron chi connectivity index (χ1n) is 7.48. The molecule has 0 aliphatic carbocycles. The molecule has 0 spiro atoms. The third kappa shape index (κ3) is 13.5. The van der Waals surface area contributed by atoms with E-state index in [0.717, 1.165) is 25.8 Å². The highest BCUT2D eigenvalue weighted by molar-refractivity contribution is 5.67. The molecule has 0 aromatic heterocycles. The minimum absolute atomic E-state index is 0.286. The van der Waals surface area contributed by atoms with Gasteiger partial charge in [0.2, 0.25) is 0 Å². The quantitative estimate of drug-likeness (QED) is 0.506. The van der Waals surface area contributed by atoms with Crippen LogP contribution in [0.5, 0.6) is 0 Å². The summed E-state index contributed by atoms with van der Waals surface area (Å²) in [6.07, 6.45) is 2.28. The minimum Gasteiger partial charge on any atom is -0.444 e. The van der Waals surface area contributed by atoms with E-state index in [1.165, 1.54) is 0 Å². The smallest absolute Gasteiger partial charge is 0.407 e. The maximum absolute atomic E-state index is 11.5. The molecule has 1 amide bonds. The van der Waals surface area contributed by atoms with Crippen molar-refractivity contribution in [2.24, 2.45) is 0 Å². The van der Waals surface area contributed by atoms with Crippen molar-refractivity contribution in [1.82, 2.24) is 10.6 Å². The highest BCUT2D eigenvalue weighted by Gasteiger charge is 2.15. The van der Waals surface area contributed by atoms with Crippen LogP contribution in [-0.2, 0) is 9.47 Å². The van der Waals surface area contributed by atoms with Gasteiger partial charge >= 0.3 is 6.09 Å². The van der Waals surface area contributed by atoms with Crippen LogP contribution in [0.15, 0.2) is 0 Å². The fraction of sp³-hybridized carbons (Fsp3) is 0.812. The van der Waals surface area contributed by atoms with E-state index in [4.69, 9.17) is 9.47 Å². The van der Waals surface area contributed by atoms with Gasteiger partial charge in [-0.05, 0) is 40.5 Å². The molecule has 122 valence electrons. The van der Waals surface area contributed by atoms with Gasteiger partial charge < -0.3 is 20.1 Å². The molecule has 21 heavy (non-hydrogen) atoms. The summed E-state index contributed by atoms with van der Waals surface area (Å²) < 4.78 is 10.4. The van der Waals surface area contributed by atoms with Gasteiger partial charge in [0.05, 0.1) is 6.61 Å². The van der Waals surface area contributed by atoms with Gasteiger partial charge in [0.15, 0.2) is 0 Å². The second-order valence-electron chi connectivity index (χ2n) is 5.85. The average Bonchev–Trinajstić information content (AvgIpc) is 2.37. The van der Waals surface area contributed by atoms with E-state index >= 15 is 0 Å². The zero-order valence-corrected chi connectivity index (χ0v) is 14.0. The molecule has 1 atom stereocenters. The van der Waals surface area contributed by atoms with Gasteiger partial charge in [-0.25, -0.2) is 4.79 Å². The van der Waals surface area contributed by atoms with E-state index in [9.17, 15) is 4.79 Å². The van der Waals surface area contributed by atoms with Crippen LogP contribution < -0.4 is 10.6 Å². The Balaban J connectivity index is 3.81. The van der Waals surface area contributed by atoms with Gasteiger partial charge in [0, 0.05) is 32.7 Å². The molecule has 0 rings (SSSR count). The van der Waals surface area contributed by atoms with E-state index < -0.39 is 5.60 Å². The molecule has 0 aromatic rings. The minimum atomic E-state index is -0.454. The van der Waals surface area contributed by atoms with E-state index in [1.54, 1.807) is 7.11 Å². The third-order valence-electron chi connectivity index (χ3n) is 2.63. The molecule has 0 aliphatic rings. The molecule has 2 N–H and O–H groups in total. The summed E-state index contributed by atoms with van der Waals surface area (Å²) in [5, 5.41) is 6.17. The van der Waals surface area contributed by atoms with Crippen LogP contribution in [0.2, 0.25) is 0 Å². The van der Waals surface area contributed by atoms with Crippen molar-refractivity contribution in [1.29, 1.82) is 0 Å². The standard InChI is InChI=1S/C16H30N2O3/c1-6-7-8-11-17-14(13-20-5)10-9-12-18-15(19)21-16(2,3)4/h14,17H,8-13H2,1-5H3,(H,18,19). The van der Waals surface area contributed by atoms with Crippen LogP contribution in [0.4, 0.5) is 4.79 Å². The second-order valence-corrected chi connectivity index (χ2v) is 5.85. The maximum atomic E-state index is 11.5. The van der Waals surface area contributed by atoms with E-state index in [1.807, 2.05) is 27.7 Å². The Morgan fingerprint density at radius 1 is 1.29 bits per heavy atom. The molecule has 0 bridgehead atoms. The Morgan fingerprint density at radius 3 is 2.57 bits per heavy atom. The fourth-order valence-electron chi connectivity index (χ4n) is 1.76. The van der Waals surface area contributed by atoms with Crippen LogP contribution in [0.25, 0.3) is 0 Å². The summed E-state index contributed by atoms with van der Waals surface area (Å²) in [6.45, 7) is 9.51. The van der Waals surface area contributed by atoms with Crippen LogP contribution in [0.1, 0.15) is 47.0 Å². The van der Waals surface area contributed by atoms with Crippen molar-refractivity contribution in [3.8, 4) is 11.8 Å². The van der Waals surface area contributed by atoms with Crippen molar-refractivity contribution in [3.63, 3.8) is 0 Å². The van der Waals surface area contributed by atoms with Gasteiger partial charge in [-0.3, -0.25) is 0 Å². The Bertz CT molecular complexity index is 340. The summed E-state index contributed by atoms with van der Waals surface area (Å²) in [5.74, 6) is 5.90. The number of carbonyl (C=O) groups excluding carboxylic acids is 1. The molecular formula is C16H30N2O3. The number of hydrogen-bond donors (Lipinski definition) is 2. The molecule has 0 aromatic carbocycles. The molecular weight excluding hydrogens is 268 g/mol. The van der Waals surface area contributed by atoms with Crippen molar-refractivity contribution < 1.29 is 14.3 Å². The fourth-order valence-corrected chi connectivity index (χ4v) is 1.76. The molecule has 0 heterocycles. The first kappa shape index (κ1) is 19.8. The molecule has 0 saturated heterocycles. The molecule has 0 fully saturated rings. The van der Waals surface area contributed by atoms with Crippen LogP contribution in [0, 0.1) is 11.8 Å². The Kier molecular flexibility index (Phi) is 10.7. The van der Waals surface area contributed by atoms with Crippen molar-refractivity contribution >= 4 is 6.09 Å². The molecule has 5 nitrogen and oxygen atoms in total. The number of rotatable bonds is 9. The SMILES string of the molecule is CC#CCCNC(CCCNC(=O)OC(C)(C)C)COC. The molecule has 5 heteroatoms. The lowest BCUT2D eigenvalue weighted by molar-refractivity contribution is 0.0526. The normalized spacial score (nSPS) is 12.2. The Hall–Kier alpha value is -1.25. The van der Waals surface area contributed by atoms with Gasteiger partial charge in [0.25, 0.3) is 0 Å². The number of alkyl carbamates (subject to hydrolysis) is 1. The van der Waals surface area contributed by atoms with Crippen molar-refractivity contribution in [2.45, 2.75) is 58.6 Å². The molecule has 0 radical (unpaired) electrons. The lowest BCUT2D eigenvalue weighted by atomic mass is 10.1. The second kappa shape index (κ2) is 11.4. The van der Waals surface area contributed by atoms with E-state index in [0.29, 0.717) is 13.2 Å². The first-order chi connectivity index (χ1) is 9.89. The Labute approximate surface area is 129 Å². The monoisotopic (exact) mass is 298 g/mol.